The molecule has 0 radical (unpaired) electrons. The summed E-state index contributed by atoms with van der Waals surface area (Å²) in [5, 5.41) is 34.9. The lowest BCUT2D eigenvalue weighted by Crippen LogP contribution is -2.59. The monoisotopic (exact) mass is 949 g/mol. The van der Waals surface area contributed by atoms with Crippen LogP contribution in [0.25, 0.3) is 21.7 Å². The van der Waals surface area contributed by atoms with Crippen LogP contribution in [0.3, 0.4) is 0 Å². The fourth-order valence-corrected chi connectivity index (χ4v) is 9.38. The van der Waals surface area contributed by atoms with Gasteiger partial charge in [-0.25, -0.2) is 9.37 Å². The number of amides is 3. The maximum Gasteiger partial charge on any atom is 0.258 e. The van der Waals surface area contributed by atoms with Gasteiger partial charge in [0.05, 0.1) is 40.2 Å². The SMILES string of the molecule is Cc1ncsc1-c1ccc(CNC(=O)C2CC(O)CN2C(=O)C(NC(=O)C2(F)CC2)C(C)(C)C)c(OCCc2ccc(OCCN3CCN(c4cc(-c5ccccc5O)nnc4N)CC3)cc2)c1. The van der Waals surface area contributed by atoms with E-state index < -0.39 is 47.0 Å². The molecule has 1 saturated carbocycles. The lowest BCUT2D eigenvalue weighted by atomic mass is 9.85. The number of hydrogen-bond donors (Lipinski definition) is 5. The summed E-state index contributed by atoms with van der Waals surface area (Å²) in [6.07, 6.45) is -0.0962. The van der Waals surface area contributed by atoms with Gasteiger partial charge in [-0.2, -0.15) is 0 Å². The molecular weight excluding hydrogens is 890 g/mol. The van der Waals surface area contributed by atoms with Crippen molar-refractivity contribution in [1.29, 1.82) is 0 Å². The second kappa shape index (κ2) is 20.5. The second-order valence-corrected chi connectivity index (χ2v) is 19.7. The van der Waals surface area contributed by atoms with Crippen molar-refractivity contribution in [3.05, 3.63) is 95.1 Å². The van der Waals surface area contributed by atoms with Crippen LogP contribution in [0, 0.1) is 12.3 Å². The molecule has 5 aromatic rings. The van der Waals surface area contributed by atoms with E-state index in [1.807, 2.05) is 61.5 Å². The summed E-state index contributed by atoms with van der Waals surface area (Å²) in [7, 11) is 0. The Bertz CT molecular complexity index is 2590. The van der Waals surface area contributed by atoms with E-state index in [-0.39, 0.29) is 38.1 Å². The highest BCUT2D eigenvalue weighted by Crippen LogP contribution is 2.41. The Morgan fingerprint density at radius 3 is 2.43 bits per heavy atom. The van der Waals surface area contributed by atoms with E-state index in [1.54, 1.807) is 44.5 Å². The number of benzene rings is 3. The number of phenolic OH excluding ortho intramolecular Hbond substituents is 1. The van der Waals surface area contributed by atoms with Crippen molar-refractivity contribution in [1.82, 2.24) is 35.6 Å². The Hall–Kier alpha value is -6.37. The van der Waals surface area contributed by atoms with Crippen LogP contribution < -0.4 is 30.7 Å². The van der Waals surface area contributed by atoms with Gasteiger partial charge in [-0.05, 0) is 72.7 Å². The van der Waals surface area contributed by atoms with Gasteiger partial charge in [0, 0.05) is 69.8 Å². The standard InChI is InChI=1S/C50H60FN9O7S/c1-31-43(68-30-54-31)33-11-12-34(28-53-46(63)40-26-35(61)29-60(40)47(64)44(49(2,3)4)55-48(65)50(51)16-17-50)42(25-33)67-23-15-32-9-13-36(14-10-32)66-24-22-58-18-20-59(21-19-58)39-27-38(56-57-45(39)52)37-7-5-6-8-41(37)62/h5-14,25,27,30,35,40,44,61-62H,15-24,26,28-29H2,1-4H3,(H2,52,57)(H,53,63)(H,55,65). The molecule has 3 unspecified atom stereocenters. The number of carbonyl (C=O) groups excluding carboxylic acids is 3. The molecule has 2 aliphatic heterocycles. The summed E-state index contributed by atoms with van der Waals surface area (Å²) in [5.74, 6) is 0.0250. The third-order valence-corrected chi connectivity index (χ3v) is 13.8. The summed E-state index contributed by atoms with van der Waals surface area (Å²) in [6.45, 7) is 12.1. The number of nitrogens with one attached hydrogen (secondary N) is 2. The molecule has 0 bridgehead atoms. The Balaban J connectivity index is 0.833. The molecule has 2 aromatic heterocycles. The Morgan fingerprint density at radius 1 is 0.985 bits per heavy atom. The number of anilines is 2. The number of phenols is 1. The smallest absolute Gasteiger partial charge is 0.258 e. The second-order valence-electron chi connectivity index (χ2n) is 18.9. The lowest BCUT2D eigenvalue weighted by Gasteiger charge is -2.36. The van der Waals surface area contributed by atoms with Crippen molar-refractivity contribution in [3.8, 4) is 38.9 Å². The number of aromatic nitrogens is 3. The lowest BCUT2D eigenvalue weighted by molar-refractivity contribution is -0.145. The number of alkyl halides is 1. The number of aliphatic hydroxyl groups is 1. The summed E-state index contributed by atoms with van der Waals surface area (Å²) < 4.78 is 27.2. The largest absolute Gasteiger partial charge is 0.507 e. The van der Waals surface area contributed by atoms with Gasteiger partial charge in [-0.3, -0.25) is 19.3 Å². The number of nitrogen functional groups attached to an aromatic ring is 1. The molecule has 16 nitrogen and oxygen atoms in total. The molecule has 2 saturated heterocycles. The quantitative estimate of drug-likeness (QED) is 0.0804. The molecule has 3 aliphatic rings. The van der Waals surface area contributed by atoms with E-state index in [1.165, 1.54) is 16.2 Å². The first-order valence-corrected chi connectivity index (χ1v) is 24.0. The van der Waals surface area contributed by atoms with E-state index >= 15 is 0 Å². The van der Waals surface area contributed by atoms with Gasteiger partial charge in [0.25, 0.3) is 5.91 Å². The zero-order valence-corrected chi connectivity index (χ0v) is 39.7. The number of aliphatic hydroxyl groups excluding tert-OH is 1. The number of halogens is 1. The molecule has 3 amide bonds. The van der Waals surface area contributed by atoms with Gasteiger partial charge in [-0.1, -0.05) is 57.2 Å². The molecular formula is C50H60FN9O7S. The number of aromatic hydroxyl groups is 1. The molecule has 3 aromatic carbocycles. The van der Waals surface area contributed by atoms with E-state index in [0.29, 0.717) is 42.5 Å². The fraction of sp³-hybridized carbons (Fsp3) is 0.440. The van der Waals surface area contributed by atoms with Gasteiger partial charge in [0.15, 0.2) is 11.5 Å². The highest BCUT2D eigenvalue weighted by molar-refractivity contribution is 7.13. The van der Waals surface area contributed by atoms with E-state index in [4.69, 9.17) is 15.2 Å². The number of carbonyl (C=O) groups is 3. The van der Waals surface area contributed by atoms with Crippen molar-refractivity contribution in [2.24, 2.45) is 5.41 Å². The predicted molar refractivity (Wildman–Crippen MR) is 258 cm³/mol. The van der Waals surface area contributed by atoms with Crippen molar-refractivity contribution >= 4 is 40.6 Å². The van der Waals surface area contributed by atoms with Crippen molar-refractivity contribution in [2.75, 3.05) is 63.1 Å². The van der Waals surface area contributed by atoms with Crippen LogP contribution in [-0.2, 0) is 27.3 Å². The van der Waals surface area contributed by atoms with Crippen LogP contribution in [0.1, 0.15) is 56.9 Å². The van der Waals surface area contributed by atoms with Crippen LogP contribution in [0.15, 0.2) is 78.3 Å². The molecule has 360 valence electrons. The number of hydrogen-bond acceptors (Lipinski definition) is 14. The van der Waals surface area contributed by atoms with Crippen molar-refractivity contribution in [2.45, 2.75) is 83.8 Å². The minimum absolute atomic E-state index is 0.0245. The van der Waals surface area contributed by atoms with E-state index in [0.717, 1.165) is 71.4 Å². The molecule has 3 fully saturated rings. The Kier molecular flexibility index (Phi) is 14.5. The normalized spacial score (nSPS) is 18.5. The first kappa shape index (κ1) is 48.1. The van der Waals surface area contributed by atoms with Gasteiger partial charge in [0.1, 0.15) is 35.9 Å². The minimum atomic E-state index is -1.97. The predicted octanol–water partition coefficient (Wildman–Crippen LogP) is 5.30. The van der Waals surface area contributed by atoms with Crippen molar-refractivity contribution in [3.63, 3.8) is 0 Å². The number of aryl methyl sites for hydroxylation is 1. The van der Waals surface area contributed by atoms with Crippen molar-refractivity contribution < 1.29 is 38.5 Å². The average molecular weight is 950 g/mol. The first-order valence-electron chi connectivity index (χ1n) is 23.1. The average Bonchev–Trinajstić information content (AvgIpc) is 3.73. The summed E-state index contributed by atoms with van der Waals surface area (Å²) >= 11 is 1.53. The summed E-state index contributed by atoms with van der Waals surface area (Å²) in [4.78, 5) is 51.7. The number of thiazole rings is 1. The van der Waals surface area contributed by atoms with Crippen LogP contribution in [0.2, 0.25) is 0 Å². The number of ether oxygens (including phenoxy) is 2. The molecule has 4 heterocycles. The molecule has 6 N–H and O–H groups in total. The highest BCUT2D eigenvalue weighted by Gasteiger charge is 2.53. The van der Waals surface area contributed by atoms with Gasteiger partial charge in [0.2, 0.25) is 11.8 Å². The number of β-amino-alcohol motifs (C(OH)–C–C–N with tert-alkyl or cyclic N) is 1. The van der Waals surface area contributed by atoms with Crippen LogP contribution in [0.5, 0.6) is 17.2 Å². The third kappa shape index (κ3) is 11.3. The minimum Gasteiger partial charge on any atom is -0.507 e. The van der Waals surface area contributed by atoms with Crippen LogP contribution >= 0.6 is 11.3 Å². The molecule has 3 atom stereocenters. The van der Waals surface area contributed by atoms with Crippen LogP contribution in [-0.4, -0.2) is 129 Å². The molecule has 0 spiro atoms. The number of rotatable bonds is 17. The van der Waals surface area contributed by atoms with E-state index in [2.05, 4.69) is 35.6 Å². The van der Waals surface area contributed by atoms with E-state index in [9.17, 15) is 29.0 Å². The number of nitrogens with two attached hydrogens (primary N) is 1. The maximum atomic E-state index is 14.7. The fourth-order valence-electron chi connectivity index (χ4n) is 8.58. The number of piperazine rings is 1. The number of para-hydroxylation sites is 1. The zero-order chi connectivity index (χ0) is 48.2. The first-order chi connectivity index (χ1) is 32.6. The molecule has 8 rings (SSSR count). The molecule has 68 heavy (non-hydrogen) atoms. The summed E-state index contributed by atoms with van der Waals surface area (Å²) in [5.41, 5.74) is 10.9. The van der Waals surface area contributed by atoms with Gasteiger partial charge < -0.3 is 45.9 Å². The Morgan fingerprint density at radius 2 is 1.74 bits per heavy atom. The van der Waals surface area contributed by atoms with Gasteiger partial charge >= 0.3 is 0 Å². The number of nitrogens with zero attached hydrogens (tertiary/aromatic N) is 6. The topological polar surface area (TPSA) is 209 Å². The molecule has 1 aliphatic carbocycles. The third-order valence-electron chi connectivity index (χ3n) is 12.8. The molecule has 18 heteroatoms. The Labute approximate surface area is 399 Å². The maximum absolute atomic E-state index is 14.7. The zero-order valence-electron chi connectivity index (χ0n) is 38.9. The number of likely N-dealkylation sites (tertiary alicyclic amines) is 1. The summed E-state index contributed by atoms with van der Waals surface area (Å²) in [6, 6.07) is 20.6. The highest BCUT2D eigenvalue weighted by atomic mass is 32.1. The van der Waals surface area contributed by atoms with Crippen LogP contribution in [0.4, 0.5) is 15.9 Å². The van der Waals surface area contributed by atoms with Gasteiger partial charge in [-0.15, -0.1) is 21.5 Å².